The molecule has 0 fully saturated rings. The SMILES string of the molecule is CN(CCC(N)C(=O)OC(C)(C)C)Cc1ccccc1. The van der Waals surface area contributed by atoms with E-state index in [1.165, 1.54) is 5.56 Å². The highest BCUT2D eigenvalue weighted by atomic mass is 16.6. The van der Waals surface area contributed by atoms with Gasteiger partial charge >= 0.3 is 5.97 Å². The number of carbonyl (C=O) groups is 1. The lowest BCUT2D eigenvalue weighted by Gasteiger charge is -2.23. The maximum atomic E-state index is 11.8. The molecule has 2 N–H and O–H groups in total. The first-order valence-corrected chi connectivity index (χ1v) is 6.99. The number of nitrogens with zero attached hydrogens (tertiary/aromatic N) is 1. The molecule has 1 aromatic rings. The van der Waals surface area contributed by atoms with Crippen LogP contribution >= 0.6 is 0 Å². The fraction of sp³-hybridized carbons (Fsp3) is 0.562. The Kier molecular flexibility index (Phi) is 6.17. The van der Waals surface area contributed by atoms with Crippen molar-refractivity contribution >= 4 is 5.97 Å². The average Bonchev–Trinajstić information content (AvgIpc) is 2.35. The van der Waals surface area contributed by atoms with Crippen LogP contribution in [0.4, 0.5) is 0 Å². The van der Waals surface area contributed by atoms with E-state index in [0.717, 1.165) is 13.1 Å². The lowest BCUT2D eigenvalue weighted by Crippen LogP contribution is -2.39. The maximum Gasteiger partial charge on any atom is 0.323 e. The van der Waals surface area contributed by atoms with E-state index in [1.807, 2.05) is 46.0 Å². The molecule has 0 aromatic heterocycles. The second kappa shape index (κ2) is 7.41. The third kappa shape index (κ3) is 6.68. The van der Waals surface area contributed by atoms with Gasteiger partial charge in [-0.25, -0.2) is 0 Å². The van der Waals surface area contributed by atoms with Crippen molar-refractivity contribution in [2.24, 2.45) is 5.73 Å². The summed E-state index contributed by atoms with van der Waals surface area (Å²) in [5.74, 6) is -0.328. The molecule has 0 aliphatic heterocycles. The number of benzene rings is 1. The Hall–Kier alpha value is -1.39. The monoisotopic (exact) mass is 278 g/mol. The zero-order valence-electron chi connectivity index (χ0n) is 12.9. The van der Waals surface area contributed by atoms with Crippen LogP contribution < -0.4 is 5.73 Å². The maximum absolute atomic E-state index is 11.8. The van der Waals surface area contributed by atoms with E-state index in [-0.39, 0.29) is 5.97 Å². The molecule has 1 atom stereocenters. The minimum atomic E-state index is -0.563. The zero-order valence-corrected chi connectivity index (χ0v) is 12.9. The number of rotatable bonds is 6. The molecular weight excluding hydrogens is 252 g/mol. The molecule has 0 saturated carbocycles. The number of hydrogen-bond acceptors (Lipinski definition) is 4. The molecule has 4 heteroatoms. The lowest BCUT2D eigenvalue weighted by molar-refractivity contribution is -0.156. The van der Waals surface area contributed by atoms with Gasteiger partial charge in [-0.3, -0.25) is 4.79 Å². The van der Waals surface area contributed by atoms with Crippen molar-refractivity contribution in [2.75, 3.05) is 13.6 Å². The Morgan fingerprint density at radius 1 is 1.30 bits per heavy atom. The van der Waals surface area contributed by atoms with Gasteiger partial charge in [0.2, 0.25) is 0 Å². The van der Waals surface area contributed by atoms with Gasteiger partial charge in [0.05, 0.1) is 0 Å². The summed E-state index contributed by atoms with van der Waals surface area (Å²) in [7, 11) is 2.02. The molecule has 112 valence electrons. The van der Waals surface area contributed by atoms with Crippen LogP contribution in [0.1, 0.15) is 32.8 Å². The van der Waals surface area contributed by atoms with Crippen molar-refractivity contribution in [3.05, 3.63) is 35.9 Å². The fourth-order valence-electron chi connectivity index (χ4n) is 1.83. The number of nitrogens with two attached hydrogens (primary N) is 1. The van der Waals surface area contributed by atoms with Crippen LogP contribution in [-0.2, 0) is 16.1 Å². The first-order valence-electron chi connectivity index (χ1n) is 6.99. The van der Waals surface area contributed by atoms with Gasteiger partial charge in [0.1, 0.15) is 11.6 Å². The second-order valence-electron chi connectivity index (χ2n) is 6.15. The molecule has 0 spiro atoms. The van der Waals surface area contributed by atoms with Crippen molar-refractivity contribution in [3.63, 3.8) is 0 Å². The summed E-state index contributed by atoms with van der Waals surface area (Å²) in [5.41, 5.74) is 6.63. The Morgan fingerprint density at radius 3 is 2.45 bits per heavy atom. The normalized spacial score (nSPS) is 13.3. The predicted molar refractivity (Wildman–Crippen MR) is 81.2 cm³/mol. The number of ether oxygens (including phenoxy) is 1. The van der Waals surface area contributed by atoms with Crippen LogP contribution in [0.3, 0.4) is 0 Å². The highest BCUT2D eigenvalue weighted by molar-refractivity contribution is 5.75. The summed E-state index contributed by atoms with van der Waals surface area (Å²) in [6, 6.07) is 9.66. The molecule has 0 aliphatic rings. The Labute approximate surface area is 121 Å². The predicted octanol–water partition coefficient (Wildman–Crippen LogP) is 2.18. The summed E-state index contributed by atoms with van der Waals surface area (Å²) in [6.45, 7) is 7.15. The van der Waals surface area contributed by atoms with E-state index in [0.29, 0.717) is 6.42 Å². The van der Waals surface area contributed by atoms with Crippen molar-refractivity contribution in [1.82, 2.24) is 4.90 Å². The lowest BCUT2D eigenvalue weighted by atomic mass is 10.1. The quantitative estimate of drug-likeness (QED) is 0.810. The second-order valence-corrected chi connectivity index (χ2v) is 6.15. The molecule has 0 amide bonds. The van der Waals surface area contributed by atoms with Crippen LogP contribution in [0.5, 0.6) is 0 Å². The van der Waals surface area contributed by atoms with Gasteiger partial charge in [0.15, 0.2) is 0 Å². The summed E-state index contributed by atoms with van der Waals surface area (Å²) >= 11 is 0. The molecule has 4 nitrogen and oxygen atoms in total. The first kappa shape index (κ1) is 16.7. The molecule has 20 heavy (non-hydrogen) atoms. The summed E-state index contributed by atoms with van der Waals surface area (Å²) in [5, 5.41) is 0. The minimum Gasteiger partial charge on any atom is -0.459 e. The Bertz CT molecular complexity index is 412. The van der Waals surface area contributed by atoms with Crippen LogP contribution in [-0.4, -0.2) is 36.1 Å². The van der Waals surface area contributed by atoms with E-state index < -0.39 is 11.6 Å². The largest absolute Gasteiger partial charge is 0.459 e. The number of carbonyl (C=O) groups excluding carboxylic acids is 1. The van der Waals surface area contributed by atoms with Gasteiger partial charge in [-0.05, 0) is 39.8 Å². The molecular formula is C16H26N2O2. The molecule has 1 unspecified atom stereocenters. The fourth-order valence-corrected chi connectivity index (χ4v) is 1.83. The van der Waals surface area contributed by atoms with Gasteiger partial charge in [-0.1, -0.05) is 30.3 Å². The molecule has 0 aliphatic carbocycles. The van der Waals surface area contributed by atoms with Crippen LogP contribution in [0.25, 0.3) is 0 Å². The third-order valence-corrected chi connectivity index (χ3v) is 2.83. The van der Waals surface area contributed by atoms with Crippen LogP contribution in [0, 0.1) is 0 Å². The van der Waals surface area contributed by atoms with E-state index in [9.17, 15) is 4.79 Å². The molecule has 0 heterocycles. The smallest absolute Gasteiger partial charge is 0.323 e. The zero-order chi connectivity index (χ0) is 15.2. The van der Waals surface area contributed by atoms with E-state index >= 15 is 0 Å². The van der Waals surface area contributed by atoms with Gasteiger partial charge in [-0.15, -0.1) is 0 Å². The average molecular weight is 278 g/mol. The van der Waals surface area contributed by atoms with Crippen LogP contribution in [0.2, 0.25) is 0 Å². The van der Waals surface area contributed by atoms with Gasteiger partial charge < -0.3 is 15.4 Å². The molecule has 0 bridgehead atoms. The van der Waals surface area contributed by atoms with Gasteiger partial charge in [-0.2, -0.15) is 0 Å². The minimum absolute atomic E-state index is 0.328. The molecule has 1 aromatic carbocycles. The number of esters is 1. The van der Waals surface area contributed by atoms with Gasteiger partial charge in [0.25, 0.3) is 0 Å². The molecule has 0 radical (unpaired) electrons. The van der Waals surface area contributed by atoms with E-state index in [4.69, 9.17) is 10.5 Å². The third-order valence-electron chi connectivity index (χ3n) is 2.83. The Morgan fingerprint density at radius 2 is 1.90 bits per heavy atom. The standard InChI is InChI=1S/C16H26N2O2/c1-16(2,3)20-15(19)14(17)10-11-18(4)12-13-8-6-5-7-9-13/h5-9,14H,10-12,17H2,1-4H3. The van der Waals surface area contributed by atoms with E-state index in [2.05, 4.69) is 17.0 Å². The van der Waals surface area contributed by atoms with Crippen molar-refractivity contribution in [3.8, 4) is 0 Å². The highest BCUT2D eigenvalue weighted by Gasteiger charge is 2.22. The Balaban J connectivity index is 2.33. The van der Waals surface area contributed by atoms with Crippen molar-refractivity contribution in [2.45, 2.75) is 45.4 Å². The highest BCUT2D eigenvalue weighted by Crippen LogP contribution is 2.09. The summed E-state index contributed by atoms with van der Waals surface area (Å²) in [6.07, 6.45) is 0.595. The number of hydrogen-bond donors (Lipinski definition) is 1. The van der Waals surface area contributed by atoms with Crippen LogP contribution in [0.15, 0.2) is 30.3 Å². The van der Waals surface area contributed by atoms with Crippen molar-refractivity contribution < 1.29 is 9.53 Å². The molecule has 0 saturated heterocycles. The van der Waals surface area contributed by atoms with Gasteiger partial charge in [0, 0.05) is 13.1 Å². The summed E-state index contributed by atoms with van der Waals surface area (Å²) in [4.78, 5) is 13.9. The first-order chi connectivity index (χ1) is 9.28. The van der Waals surface area contributed by atoms with Crippen molar-refractivity contribution in [1.29, 1.82) is 0 Å². The topological polar surface area (TPSA) is 55.6 Å². The molecule has 1 rings (SSSR count). The van der Waals surface area contributed by atoms with E-state index in [1.54, 1.807) is 0 Å². The summed E-state index contributed by atoms with van der Waals surface area (Å²) < 4.78 is 5.27.